The van der Waals surface area contributed by atoms with Gasteiger partial charge in [-0.15, -0.1) is 6.58 Å². The summed E-state index contributed by atoms with van der Waals surface area (Å²) in [5.41, 5.74) is 0. The Labute approximate surface area is 96.2 Å². The summed E-state index contributed by atoms with van der Waals surface area (Å²) in [6.45, 7) is 7.92. The maximum Gasteiger partial charge on any atom is 0.328 e. The zero-order valence-corrected chi connectivity index (χ0v) is 10.1. The zero-order valence-electron chi connectivity index (χ0n) is 10.1. The smallest absolute Gasteiger partial charge is 0.328 e. The molecule has 0 aliphatic heterocycles. The van der Waals surface area contributed by atoms with Crippen LogP contribution in [0.3, 0.4) is 0 Å². The summed E-state index contributed by atoms with van der Waals surface area (Å²) in [5.74, 6) is -0.658. The van der Waals surface area contributed by atoms with E-state index >= 15 is 0 Å². The van der Waals surface area contributed by atoms with Crippen LogP contribution in [-0.4, -0.2) is 38.1 Å². The van der Waals surface area contributed by atoms with Gasteiger partial charge in [0.2, 0.25) is 5.91 Å². The summed E-state index contributed by atoms with van der Waals surface area (Å²) in [6, 6.07) is -0.594. The van der Waals surface area contributed by atoms with Crippen LogP contribution in [0.15, 0.2) is 12.7 Å². The van der Waals surface area contributed by atoms with E-state index in [2.05, 4.69) is 21.9 Å². The Morgan fingerprint density at radius 3 is 2.50 bits per heavy atom. The second-order valence-electron chi connectivity index (χ2n) is 3.73. The highest BCUT2D eigenvalue weighted by molar-refractivity contribution is 5.85. The van der Waals surface area contributed by atoms with E-state index in [1.54, 1.807) is 6.08 Å². The molecule has 5 nitrogen and oxygen atoms in total. The molecule has 1 amide bonds. The number of amides is 1. The number of ether oxygens (including phenoxy) is 1. The van der Waals surface area contributed by atoms with Crippen molar-refractivity contribution in [2.75, 3.05) is 20.2 Å². The molecule has 0 aliphatic carbocycles. The first-order valence-electron chi connectivity index (χ1n) is 5.21. The van der Waals surface area contributed by atoms with Crippen LogP contribution in [-0.2, 0) is 14.3 Å². The number of carbonyl (C=O) groups is 2. The average Bonchev–Trinajstić information content (AvgIpc) is 2.25. The van der Waals surface area contributed by atoms with Crippen molar-refractivity contribution in [1.82, 2.24) is 10.6 Å². The summed E-state index contributed by atoms with van der Waals surface area (Å²) in [6.07, 6.45) is 1.66. The highest BCUT2D eigenvalue weighted by atomic mass is 16.5. The minimum absolute atomic E-state index is 0.00388. The molecule has 5 heteroatoms. The van der Waals surface area contributed by atoms with E-state index in [-0.39, 0.29) is 18.4 Å². The number of esters is 1. The number of rotatable bonds is 7. The summed E-state index contributed by atoms with van der Waals surface area (Å²) < 4.78 is 4.61. The second-order valence-corrected chi connectivity index (χ2v) is 3.73. The van der Waals surface area contributed by atoms with Gasteiger partial charge >= 0.3 is 5.97 Å². The summed E-state index contributed by atoms with van der Waals surface area (Å²) in [4.78, 5) is 22.8. The SMILES string of the molecule is C=CCNCC(=O)N[C@H](C(=O)OC)C(C)C. The first kappa shape index (κ1) is 14.6. The van der Waals surface area contributed by atoms with Gasteiger partial charge in [0, 0.05) is 6.54 Å². The lowest BCUT2D eigenvalue weighted by Gasteiger charge is -2.19. The highest BCUT2D eigenvalue weighted by Crippen LogP contribution is 2.02. The van der Waals surface area contributed by atoms with E-state index in [0.717, 1.165) is 0 Å². The Hall–Kier alpha value is -1.36. The molecule has 0 rings (SSSR count). The van der Waals surface area contributed by atoms with Crippen LogP contribution >= 0.6 is 0 Å². The first-order chi connectivity index (χ1) is 7.52. The second kappa shape index (κ2) is 7.87. The molecule has 0 aromatic carbocycles. The predicted molar refractivity (Wildman–Crippen MR) is 61.9 cm³/mol. The van der Waals surface area contributed by atoms with Crippen LogP contribution in [0.1, 0.15) is 13.8 Å². The van der Waals surface area contributed by atoms with Gasteiger partial charge in [-0.3, -0.25) is 4.79 Å². The van der Waals surface area contributed by atoms with Crippen molar-refractivity contribution in [2.24, 2.45) is 5.92 Å². The van der Waals surface area contributed by atoms with Crippen LogP contribution < -0.4 is 10.6 Å². The standard InChI is InChI=1S/C11H20N2O3/c1-5-6-12-7-9(14)13-10(8(2)3)11(15)16-4/h5,8,10,12H,1,6-7H2,2-4H3,(H,13,14)/t10-/m0/s1. The van der Waals surface area contributed by atoms with Gasteiger partial charge in [-0.25, -0.2) is 4.79 Å². The molecule has 0 spiro atoms. The molecule has 0 aromatic heterocycles. The Morgan fingerprint density at radius 1 is 1.44 bits per heavy atom. The Balaban J connectivity index is 4.13. The molecule has 0 fully saturated rings. The van der Waals surface area contributed by atoms with Gasteiger partial charge in [-0.1, -0.05) is 19.9 Å². The molecule has 0 saturated carbocycles. The van der Waals surface area contributed by atoms with Crippen molar-refractivity contribution < 1.29 is 14.3 Å². The lowest BCUT2D eigenvalue weighted by atomic mass is 10.0. The minimum Gasteiger partial charge on any atom is -0.467 e. The van der Waals surface area contributed by atoms with Gasteiger partial charge in [0.15, 0.2) is 0 Å². The molecule has 2 N–H and O–H groups in total. The molecular weight excluding hydrogens is 208 g/mol. The van der Waals surface area contributed by atoms with Crippen molar-refractivity contribution in [3.05, 3.63) is 12.7 Å². The number of hydrogen-bond donors (Lipinski definition) is 2. The summed E-state index contributed by atoms with van der Waals surface area (Å²) in [7, 11) is 1.31. The quantitative estimate of drug-likeness (QED) is 0.368. The third-order valence-electron chi connectivity index (χ3n) is 2.01. The molecule has 0 unspecified atom stereocenters. The number of methoxy groups -OCH3 is 1. The van der Waals surface area contributed by atoms with Gasteiger partial charge in [0.05, 0.1) is 13.7 Å². The average molecular weight is 228 g/mol. The summed E-state index contributed by atoms with van der Waals surface area (Å²) >= 11 is 0. The minimum atomic E-state index is -0.594. The third-order valence-corrected chi connectivity index (χ3v) is 2.01. The Kier molecular flexibility index (Phi) is 7.20. The predicted octanol–water partition coefficient (Wildman–Crippen LogP) is 0.0758. The molecule has 0 saturated heterocycles. The normalized spacial score (nSPS) is 12.0. The molecule has 0 aliphatic rings. The van der Waals surface area contributed by atoms with Crippen molar-refractivity contribution in [3.8, 4) is 0 Å². The molecule has 92 valence electrons. The van der Waals surface area contributed by atoms with Gasteiger partial charge in [-0.2, -0.15) is 0 Å². The molecule has 16 heavy (non-hydrogen) atoms. The van der Waals surface area contributed by atoms with Gasteiger partial charge in [0.25, 0.3) is 0 Å². The van der Waals surface area contributed by atoms with E-state index in [0.29, 0.717) is 6.54 Å². The molecule has 1 atom stereocenters. The number of nitrogens with one attached hydrogen (secondary N) is 2. The van der Waals surface area contributed by atoms with Crippen molar-refractivity contribution in [2.45, 2.75) is 19.9 Å². The van der Waals surface area contributed by atoms with Crippen LogP contribution in [0, 0.1) is 5.92 Å². The fourth-order valence-corrected chi connectivity index (χ4v) is 1.14. The molecular formula is C11H20N2O3. The largest absolute Gasteiger partial charge is 0.467 e. The van der Waals surface area contributed by atoms with Crippen LogP contribution in [0.5, 0.6) is 0 Å². The monoisotopic (exact) mass is 228 g/mol. The topological polar surface area (TPSA) is 67.4 Å². The van der Waals surface area contributed by atoms with E-state index in [1.165, 1.54) is 7.11 Å². The van der Waals surface area contributed by atoms with Gasteiger partial charge in [0.1, 0.15) is 6.04 Å². The Morgan fingerprint density at radius 2 is 2.06 bits per heavy atom. The maximum atomic E-state index is 11.4. The van der Waals surface area contributed by atoms with Gasteiger partial charge < -0.3 is 15.4 Å². The van der Waals surface area contributed by atoms with E-state index < -0.39 is 12.0 Å². The molecule has 0 heterocycles. The molecule has 0 radical (unpaired) electrons. The lowest BCUT2D eigenvalue weighted by Crippen LogP contribution is -2.47. The maximum absolute atomic E-state index is 11.4. The number of hydrogen-bond acceptors (Lipinski definition) is 4. The van der Waals surface area contributed by atoms with E-state index in [1.807, 2.05) is 13.8 Å². The van der Waals surface area contributed by atoms with E-state index in [4.69, 9.17) is 0 Å². The molecule has 0 bridgehead atoms. The van der Waals surface area contributed by atoms with Gasteiger partial charge in [-0.05, 0) is 5.92 Å². The van der Waals surface area contributed by atoms with Crippen molar-refractivity contribution in [3.63, 3.8) is 0 Å². The molecule has 0 aromatic rings. The zero-order chi connectivity index (χ0) is 12.6. The van der Waals surface area contributed by atoms with Crippen molar-refractivity contribution in [1.29, 1.82) is 0 Å². The van der Waals surface area contributed by atoms with E-state index in [9.17, 15) is 9.59 Å². The third kappa shape index (κ3) is 5.50. The van der Waals surface area contributed by atoms with Crippen LogP contribution in [0.2, 0.25) is 0 Å². The number of carbonyl (C=O) groups excluding carboxylic acids is 2. The highest BCUT2D eigenvalue weighted by Gasteiger charge is 2.24. The lowest BCUT2D eigenvalue weighted by molar-refractivity contribution is -0.146. The van der Waals surface area contributed by atoms with Crippen LogP contribution in [0.4, 0.5) is 0 Å². The van der Waals surface area contributed by atoms with Crippen molar-refractivity contribution >= 4 is 11.9 Å². The first-order valence-corrected chi connectivity index (χ1v) is 5.21. The fraction of sp³-hybridized carbons (Fsp3) is 0.636. The van der Waals surface area contributed by atoms with Crippen LogP contribution in [0.25, 0.3) is 0 Å². The Bertz CT molecular complexity index is 252. The summed E-state index contributed by atoms with van der Waals surface area (Å²) in [5, 5.41) is 5.47. The fourth-order valence-electron chi connectivity index (χ4n) is 1.14.